The predicted molar refractivity (Wildman–Crippen MR) is 250 cm³/mol. The molecule has 5 heteroatoms. The number of para-hydroxylation sites is 2. The molecule has 0 atom stereocenters. The second-order valence-corrected chi connectivity index (χ2v) is 16.8. The van der Waals surface area contributed by atoms with Crippen LogP contribution in [0.15, 0.2) is 182 Å². The summed E-state index contributed by atoms with van der Waals surface area (Å²) in [4.78, 5) is 10.6. The lowest BCUT2D eigenvalue weighted by atomic mass is 10.0. The summed E-state index contributed by atoms with van der Waals surface area (Å²) in [6, 6.07) is 66.3. The minimum atomic E-state index is 0.737. The van der Waals surface area contributed by atoms with Crippen molar-refractivity contribution in [2.75, 3.05) is 0 Å². The van der Waals surface area contributed by atoms with Crippen LogP contribution in [0.3, 0.4) is 0 Å². The number of thiophene rings is 1. The molecule has 0 unspecified atom stereocenters. The monoisotopic (exact) mass is 766 g/mol. The van der Waals surface area contributed by atoms with Gasteiger partial charge in [0, 0.05) is 59.2 Å². The van der Waals surface area contributed by atoms with Gasteiger partial charge in [-0.2, -0.15) is 0 Å². The Morgan fingerprint density at radius 2 is 1.07 bits per heavy atom. The summed E-state index contributed by atoms with van der Waals surface area (Å²) >= 11 is 1.77. The Morgan fingerprint density at radius 1 is 0.407 bits per heavy atom. The van der Waals surface area contributed by atoms with Crippen LogP contribution >= 0.6 is 11.3 Å². The molecular formula is C54H30N4S. The Hall–Kier alpha value is -7.60. The van der Waals surface area contributed by atoms with Gasteiger partial charge in [0.15, 0.2) is 5.82 Å². The van der Waals surface area contributed by atoms with Gasteiger partial charge in [0.25, 0.3) is 0 Å². The van der Waals surface area contributed by atoms with Crippen molar-refractivity contribution in [1.29, 1.82) is 0 Å². The summed E-state index contributed by atoms with van der Waals surface area (Å²) < 4.78 is 7.31. The van der Waals surface area contributed by atoms with Crippen molar-refractivity contribution in [2.45, 2.75) is 0 Å². The minimum absolute atomic E-state index is 0.737. The molecule has 0 saturated carbocycles. The minimum Gasteiger partial charge on any atom is -0.309 e. The molecule has 4 nitrogen and oxygen atoms in total. The Labute approximate surface area is 340 Å². The van der Waals surface area contributed by atoms with Gasteiger partial charge in [0.1, 0.15) is 0 Å². The molecule has 0 fully saturated rings. The third kappa shape index (κ3) is 4.21. The number of fused-ring (bicyclic) bond motifs is 16. The first-order valence-corrected chi connectivity index (χ1v) is 20.9. The fourth-order valence-corrected chi connectivity index (χ4v) is 11.2. The maximum Gasteiger partial charge on any atom is 0.160 e. The van der Waals surface area contributed by atoms with Gasteiger partial charge >= 0.3 is 0 Å². The van der Waals surface area contributed by atoms with Crippen molar-refractivity contribution in [2.24, 2.45) is 0 Å². The summed E-state index contributed by atoms with van der Waals surface area (Å²) in [5, 5.41) is 13.7. The largest absolute Gasteiger partial charge is 0.309 e. The molecule has 14 rings (SSSR count). The number of benzene rings is 9. The zero-order valence-corrected chi connectivity index (χ0v) is 32.3. The Balaban J connectivity index is 1.06. The van der Waals surface area contributed by atoms with Crippen LogP contribution in [0, 0.1) is 0 Å². The first kappa shape index (κ1) is 31.5. The highest BCUT2D eigenvalue weighted by Gasteiger charge is 2.25. The molecule has 59 heavy (non-hydrogen) atoms. The second kappa shape index (κ2) is 11.5. The average Bonchev–Trinajstić information content (AvgIpc) is 4.04. The maximum atomic E-state index is 5.37. The highest BCUT2D eigenvalue weighted by molar-refractivity contribution is 7.26. The van der Waals surface area contributed by atoms with E-state index in [0.717, 1.165) is 43.9 Å². The van der Waals surface area contributed by atoms with Gasteiger partial charge in [0.05, 0.1) is 43.5 Å². The quantitative estimate of drug-likeness (QED) is 0.179. The second-order valence-electron chi connectivity index (χ2n) is 15.7. The molecule has 0 saturated heterocycles. The van der Waals surface area contributed by atoms with Crippen LogP contribution in [-0.2, 0) is 0 Å². The Bertz CT molecular complexity index is 4070. The van der Waals surface area contributed by atoms with E-state index in [-0.39, 0.29) is 0 Å². The molecule has 0 spiro atoms. The van der Waals surface area contributed by atoms with Crippen LogP contribution < -0.4 is 0 Å². The van der Waals surface area contributed by atoms with E-state index in [1.165, 1.54) is 86.1 Å². The van der Waals surface area contributed by atoms with E-state index in [4.69, 9.17) is 9.97 Å². The molecule has 0 aliphatic rings. The molecule has 0 bridgehead atoms. The van der Waals surface area contributed by atoms with Gasteiger partial charge in [-0.15, -0.1) is 11.3 Å². The molecule has 0 aliphatic carbocycles. The lowest BCUT2D eigenvalue weighted by Crippen LogP contribution is -1.96. The number of hydrogen-bond acceptors (Lipinski definition) is 3. The molecule has 0 N–H and O–H groups in total. The van der Waals surface area contributed by atoms with E-state index in [9.17, 15) is 0 Å². The van der Waals surface area contributed by atoms with Gasteiger partial charge in [-0.05, 0) is 70.1 Å². The van der Waals surface area contributed by atoms with Crippen LogP contribution in [0.2, 0.25) is 0 Å². The lowest BCUT2D eigenvalue weighted by Gasteiger charge is -2.12. The summed E-state index contributed by atoms with van der Waals surface area (Å²) in [5.41, 5.74) is 11.3. The van der Waals surface area contributed by atoms with E-state index in [0.29, 0.717) is 0 Å². The molecule has 0 radical (unpaired) electrons. The zero-order chi connectivity index (χ0) is 38.3. The van der Waals surface area contributed by atoms with E-state index >= 15 is 0 Å². The van der Waals surface area contributed by atoms with Crippen LogP contribution in [-0.4, -0.2) is 18.9 Å². The molecule has 14 aromatic rings. The van der Waals surface area contributed by atoms with Crippen LogP contribution in [0.25, 0.3) is 130 Å². The standard InChI is InChI=1S/C54H30N4S/c1-2-13-34-29-35(22-21-31(34)11-1)54-55-49(53-50(56-54)40-17-7-10-20-46(40)59-53)33-23-26-36(27-24-33)57-45-28-25-32-12-3-4-14-37(32)47(45)42-30-41-38-15-5-8-18-43(38)58-44-19-9-6-16-39(44)48(51(41)58)52(42)57/h1-30H. The molecule has 272 valence electrons. The average molecular weight is 767 g/mol. The van der Waals surface area contributed by atoms with Gasteiger partial charge < -0.3 is 8.97 Å². The van der Waals surface area contributed by atoms with Crippen molar-refractivity contribution in [3.8, 4) is 28.3 Å². The van der Waals surface area contributed by atoms with Crippen LogP contribution in [0.1, 0.15) is 0 Å². The van der Waals surface area contributed by atoms with Crippen molar-refractivity contribution < 1.29 is 0 Å². The summed E-state index contributed by atoms with van der Waals surface area (Å²) in [6.45, 7) is 0. The van der Waals surface area contributed by atoms with E-state index in [1.54, 1.807) is 11.3 Å². The third-order valence-electron chi connectivity index (χ3n) is 12.6. The molecule has 5 heterocycles. The molecule has 0 aliphatic heterocycles. The SMILES string of the molecule is c1ccc2cc(-c3nc(-c4ccc(-n5c6ccc7ccccc7c6c6cc7c8ccccc8n8c9ccccc9c(c65)c78)cc4)c4sc5ccccc5c4n3)ccc2c1. The highest BCUT2D eigenvalue weighted by atomic mass is 32.1. The molecule has 0 amide bonds. The van der Waals surface area contributed by atoms with Crippen molar-refractivity contribution in [3.05, 3.63) is 182 Å². The summed E-state index contributed by atoms with van der Waals surface area (Å²) in [6.07, 6.45) is 0. The first-order chi connectivity index (χ1) is 29.3. The molecule has 9 aromatic carbocycles. The van der Waals surface area contributed by atoms with Gasteiger partial charge in [-0.25, -0.2) is 9.97 Å². The number of nitrogens with zero attached hydrogens (tertiary/aromatic N) is 4. The van der Waals surface area contributed by atoms with Crippen molar-refractivity contribution >= 4 is 113 Å². The summed E-state index contributed by atoms with van der Waals surface area (Å²) in [5.74, 6) is 0.737. The maximum absolute atomic E-state index is 5.37. The van der Waals surface area contributed by atoms with E-state index < -0.39 is 0 Å². The number of aromatic nitrogens is 4. The highest BCUT2D eigenvalue weighted by Crippen LogP contribution is 2.48. The molecule has 5 aromatic heterocycles. The zero-order valence-electron chi connectivity index (χ0n) is 31.5. The predicted octanol–water partition coefficient (Wildman–Crippen LogP) is 14.7. The van der Waals surface area contributed by atoms with E-state index in [2.05, 4.69) is 191 Å². The fraction of sp³-hybridized carbons (Fsp3) is 0. The lowest BCUT2D eigenvalue weighted by molar-refractivity contribution is 1.19. The van der Waals surface area contributed by atoms with Gasteiger partial charge in [-0.1, -0.05) is 133 Å². The van der Waals surface area contributed by atoms with Gasteiger partial charge in [-0.3, -0.25) is 0 Å². The first-order valence-electron chi connectivity index (χ1n) is 20.1. The smallest absolute Gasteiger partial charge is 0.160 e. The Morgan fingerprint density at radius 3 is 1.92 bits per heavy atom. The van der Waals surface area contributed by atoms with Crippen molar-refractivity contribution in [1.82, 2.24) is 18.9 Å². The van der Waals surface area contributed by atoms with Crippen LogP contribution in [0.4, 0.5) is 0 Å². The van der Waals surface area contributed by atoms with E-state index in [1.807, 2.05) is 0 Å². The van der Waals surface area contributed by atoms with Crippen LogP contribution in [0.5, 0.6) is 0 Å². The van der Waals surface area contributed by atoms with Crippen molar-refractivity contribution in [3.63, 3.8) is 0 Å². The normalized spacial score (nSPS) is 12.4. The Kier molecular flexibility index (Phi) is 6.14. The fourth-order valence-electron chi connectivity index (χ4n) is 10.1. The summed E-state index contributed by atoms with van der Waals surface area (Å²) in [7, 11) is 0. The molecular weight excluding hydrogens is 737 g/mol. The topological polar surface area (TPSA) is 35.1 Å². The van der Waals surface area contributed by atoms with Gasteiger partial charge in [0.2, 0.25) is 0 Å². The number of rotatable bonds is 3. The third-order valence-corrected chi connectivity index (χ3v) is 13.8. The number of hydrogen-bond donors (Lipinski definition) is 0.